The van der Waals surface area contributed by atoms with E-state index >= 15 is 0 Å². The van der Waals surface area contributed by atoms with Crippen LogP contribution in [0.25, 0.3) is 10.9 Å². The molecule has 10 nitrogen and oxygen atoms in total. The van der Waals surface area contributed by atoms with Gasteiger partial charge in [0.15, 0.2) is 0 Å². The van der Waals surface area contributed by atoms with Crippen molar-refractivity contribution in [2.24, 2.45) is 0 Å². The molecule has 0 atom stereocenters. The summed E-state index contributed by atoms with van der Waals surface area (Å²) in [5.41, 5.74) is 2.60. The van der Waals surface area contributed by atoms with Gasteiger partial charge in [-0.25, -0.2) is 9.80 Å². The largest absolute Gasteiger partial charge is 0.394 e. The van der Waals surface area contributed by atoms with Gasteiger partial charge in [-0.05, 0) is 37.5 Å². The first-order valence-corrected chi connectivity index (χ1v) is 12.5. The number of hydrogen-bond acceptors (Lipinski definition) is 6. The van der Waals surface area contributed by atoms with Gasteiger partial charge in [0.2, 0.25) is 0 Å². The molecule has 1 fully saturated rings. The Morgan fingerprint density at radius 2 is 1.72 bits per heavy atom. The van der Waals surface area contributed by atoms with Crippen LogP contribution in [0.3, 0.4) is 0 Å². The van der Waals surface area contributed by atoms with Gasteiger partial charge in [-0.15, -0.1) is 0 Å². The zero-order valence-corrected chi connectivity index (χ0v) is 20.5. The van der Waals surface area contributed by atoms with Gasteiger partial charge in [-0.1, -0.05) is 55.0 Å². The van der Waals surface area contributed by atoms with Gasteiger partial charge in [0.05, 0.1) is 16.8 Å². The van der Waals surface area contributed by atoms with Crippen molar-refractivity contribution in [1.82, 2.24) is 15.0 Å². The van der Waals surface area contributed by atoms with Gasteiger partial charge in [-0.3, -0.25) is 14.1 Å². The first-order chi connectivity index (χ1) is 17.0. The van der Waals surface area contributed by atoms with Crippen LogP contribution in [0.5, 0.6) is 0 Å². The highest BCUT2D eigenvalue weighted by atomic mass is 32.3. The van der Waals surface area contributed by atoms with E-state index in [1.165, 1.54) is 5.01 Å². The number of benzene rings is 2. The van der Waals surface area contributed by atoms with Gasteiger partial charge in [0.1, 0.15) is 0 Å². The number of nitrogens with one attached hydrogen (secondary N) is 1. The lowest BCUT2D eigenvalue weighted by Gasteiger charge is -2.40. The first-order valence-electron chi connectivity index (χ1n) is 11.1. The lowest BCUT2D eigenvalue weighted by Crippen LogP contribution is -2.53. The summed E-state index contributed by atoms with van der Waals surface area (Å²) in [5, 5.41) is 17.9. The van der Waals surface area contributed by atoms with E-state index in [2.05, 4.69) is 16.3 Å². The van der Waals surface area contributed by atoms with Crippen LogP contribution in [0.4, 0.5) is 10.5 Å². The average Bonchev–Trinajstić information content (AvgIpc) is 2.80. The summed E-state index contributed by atoms with van der Waals surface area (Å²) in [6, 6.07) is 21.5. The quantitative estimate of drug-likeness (QED) is 0.237. The molecule has 0 spiro atoms. The Morgan fingerprint density at radius 3 is 2.33 bits per heavy atom. The van der Waals surface area contributed by atoms with Crippen LogP contribution in [0, 0.1) is 19.4 Å². The number of pyridine rings is 1. The number of anilines is 1. The molecule has 4 N–H and O–H groups in total. The number of urea groups is 1. The average molecular weight is 513 g/mol. The first kappa shape index (κ1) is 27.1. The second-order valence-corrected chi connectivity index (χ2v) is 9.38. The maximum absolute atomic E-state index is 13.0. The van der Waals surface area contributed by atoms with Crippen LogP contribution in [-0.4, -0.2) is 62.4 Å². The molecule has 0 bridgehead atoms. The van der Waals surface area contributed by atoms with Crippen LogP contribution in [0.15, 0.2) is 60.7 Å². The van der Waals surface area contributed by atoms with E-state index in [0.29, 0.717) is 38.0 Å². The Bertz CT molecular complexity index is 1340. The monoisotopic (exact) mass is 512 g/mol. The lowest BCUT2D eigenvalue weighted by atomic mass is 9.86. The fraction of sp³-hybridized carbons (Fsp3) is 0.280. The highest BCUT2D eigenvalue weighted by Gasteiger charge is 2.35. The summed E-state index contributed by atoms with van der Waals surface area (Å²) in [5.74, 6) is 0. The summed E-state index contributed by atoms with van der Waals surface area (Å²) < 4.78 is 31.6. The molecule has 2 aromatic carbocycles. The number of aryl methyl sites for hydroxylation is 1. The molecule has 1 aliphatic rings. The molecular weight excluding hydrogens is 484 g/mol. The fourth-order valence-corrected chi connectivity index (χ4v) is 4.11. The molecule has 190 valence electrons. The van der Waals surface area contributed by atoms with Gasteiger partial charge >= 0.3 is 16.4 Å². The van der Waals surface area contributed by atoms with E-state index in [1.807, 2.05) is 72.6 Å². The Balaban J connectivity index is 0.000000658. The van der Waals surface area contributed by atoms with E-state index in [0.717, 1.165) is 22.2 Å². The number of nitrogens with zero attached hydrogens (tertiary/aromatic N) is 3. The molecule has 1 aliphatic heterocycles. The van der Waals surface area contributed by atoms with Gasteiger partial charge < -0.3 is 10.4 Å². The van der Waals surface area contributed by atoms with E-state index in [9.17, 15) is 9.90 Å². The molecule has 1 aromatic heterocycles. The molecule has 2 heterocycles. The number of fused-ring (bicyclic) bond motifs is 1. The van der Waals surface area contributed by atoms with E-state index in [4.69, 9.17) is 23.9 Å². The maximum atomic E-state index is 13.0. The number of carbonyl (C=O) groups is 1. The smallest absolute Gasteiger partial charge is 0.389 e. The SMILES string of the molecule is C#CN(C(=O)Nc1cc(C)nc2ccccc12)N1CCC(O)(Cc2ccccc2)CC1.O=S(=O)(O)O. The molecule has 4 rings (SSSR count). The number of aromatic nitrogens is 1. The van der Waals surface area contributed by atoms with E-state index < -0.39 is 22.0 Å². The Hall–Kier alpha value is -3.53. The summed E-state index contributed by atoms with van der Waals surface area (Å²) in [7, 11) is -4.67. The van der Waals surface area contributed by atoms with Gasteiger partial charge in [0.25, 0.3) is 0 Å². The van der Waals surface area contributed by atoms with Crippen molar-refractivity contribution in [3.05, 3.63) is 71.9 Å². The topological polar surface area (TPSA) is 143 Å². The van der Waals surface area contributed by atoms with Crippen LogP contribution < -0.4 is 5.32 Å². The fourth-order valence-electron chi connectivity index (χ4n) is 4.11. The molecule has 0 unspecified atom stereocenters. The molecule has 36 heavy (non-hydrogen) atoms. The minimum Gasteiger partial charge on any atom is -0.389 e. The van der Waals surface area contributed by atoms with Crippen molar-refractivity contribution in [3.8, 4) is 12.5 Å². The molecule has 0 saturated carbocycles. The van der Waals surface area contributed by atoms with Crippen molar-refractivity contribution < 1.29 is 27.4 Å². The van der Waals surface area contributed by atoms with Gasteiger partial charge in [0, 0.05) is 36.6 Å². The van der Waals surface area contributed by atoms with Gasteiger partial charge in [-0.2, -0.15) is 13.4 Å². The number of hydrogen-bond donors (Lipinski definition) is 4. The van der Waals surface area contributed by atoms with Crippen molar-refractivity contribution in [1.29, 1.82) is 0 Å². The zero-order valence-electron chi connectivity index (χ0n) is 19.7. The number of piperidine rings is 1. The highest BCUT2D eigenvalue weighted by molar-refractivity contribution is 7.79. The number of hydrazine groups is 1. The molecule has 1 saturated heterocycles. The minimum absolute atomic E-state index is 0.397. The number of aliphatic hydroxyl groups is 1. The highest BCUT2D eigenvalue weighted by Crippen LogP contribution is 2.28. The summed E-state index contributed by atoms with van der Waals surface area (Å²) in [6.07, 6.45) is 7.34. The Morgan fingerprint density at radius 1 is 1.14 bits per heavy atom. The Labute approximate surface area is 210 Å². The summed E-state index contributed by atoms with van der Waals surface area (Å²) in [4.78, 5) is 17.5. The lowest BCUT2D eigenvalue weighted by molar-refractivity contribution is -0.0589. The number of terminal acetylenes is 1. The number of para-hydroxylation sites is 1. The van der Waals surface area contributed by atoms with Crippen LogP contribution in [0.2, 0.25) is 0 Å². The minimum atomic E-state index is -4.67. The molecule has 0 radical (unpaired) electrons. The number of amides is 2. The predicted molar refractivity (Wildman–Crippen MR) is 136 cm³/mol. The zero-order chi connectivity index (χ0) is 26.3. The normalized spacial score (nSPS) is 15.3. The molecule has 11 heteroatoms. The van der Waals surface area contributed by atoms with Crippen molar-refractivity contribution in [2.75, 3.05) is 18.4 Å². The molecule has 0 aliphatic carbocycles. The molecule has 3 aromatic rings. The van der Waals surface area contributed by atoms with Crippen LogP contribution >= 0.6 is 0 Å². The second-order valence-electron chi connectivity index (χ2n) is 8.49. The maximum Gasteiger partial charge on any atom is 0.394 e. The van der Waals surface area contributed by atoms with Crippen molar-refractivity contribution >= 4 is 33.0 Å². The van der Waals surface area contributed by atoms with Crippen molar-refractivity contribution in [2.45, 2.75) is 31.8 Å². The summed E-state index contributed by atoms with van der Waals surface area (Å²) >= 11 is 0. The molecule has 2 amide bonds. The number of rotatable bonds is 4. The second kappa shape index (κ2) is 11.5. The third kappa shape index (κ3) is 7.74. The standard InChI is InChI=1S/C25H26N4O2.H2O4S/c1-3-29(24(30)27-23-17-19(2)26-22-12-8-7-11-21(22)23)28-15-13-25(31,14-16-28)18-20-9-5-4-6-10-20;1-5(2,3)4/h1,4-12,17,31H,13-16,18H2,2H3,(H,26,27,30);(H2,1,2,3,4). The molecular formula is C25H28N4O6S. The van der Waals surface area contributed by atoms with E-state index in [1.54, 1.807) is 0 Å². The van der Waals surface area contributed by atoms with Crippen molar-refractivity contribution in [3.63, 3.8) is 0 Å². The third-order valence-corrected chi connectivity index (χ3v) is 5.73. The predicted octanol–water partition coefficient (Wildman–Crippen LogP) is 3.30. The number of carbonyl (C=O) groups excluding carboxylic acids is 1. The van der Waals surface area contributed by atoms with E-state index in [-0.39, 0.29) is 0 Å². The summed E-state index contributed by atoms with van der Waals surface area (Å²) in [6.45, 7) is 2.88. The Kier molecular flexibility index (Phi) is 8.62. The third-order valence-electron chi connectivity index (χ3n) is 5.73. The van der Waals surface area contributed by atoms with Crippen LogP contribution in [0.1, 0.15) is 24.1 Å². The van der Waals surface area contributed by atoms with Crippen LogP contribution in [-0.2, 0) is 16.8 Å².